The van der Waals surface area contributed by atoms with Crippen molar-refractivity contribution in [3.63, 3.8) is 0 Å². The molecule has 0 aliphatic carbocycles. The number of piperidine rings is 1. The molecule has 0 spiro atoms. The van der Waals surface area contributed by atoms with E-state index in [0.717, 1.165) is 12.8 Å². The second-order valence-electron chi connectivity index (χ2n) is 8.18. The van der Waals surface area contributed by atoms with Crippen LogP contribution in [0.5, 0.6) is 0 Å². The van der Waals surface area contributed by atoms with E-state index in [-0.39, 0.29) is 11.1 Å². The Kier molecular flexibility index (Phi) is 6.87. The average Bonchev–Trinajstić information content (AvgIpc) is 2.33. The molecule has 0 unspecified atom stereocenters. The molecule has 0 bridgehead atoms. The van der Waals surface area contributed by atoms with Crippen LogP contribution >= 0.6 is 0 Å². The van der Waals surface area contributed by atoms with Crippen LogP contribution in [0.1, 0.15) is 86.0 Å². The molecule has 130 valence electrons. The monoisotopic (exact) mass is 313 g/mol. The van der Waals surface area contributed by atoms with Crippen molar-refractivity contribution in [2.75, 3.05) is 6.61 Å². The number of hydrogen-bond acceptors (Lipinski definition) is 4. The van der Waals surface area contributed by atoms with Crippen molar-refractivity contribution < 1.29 is 14.6 Å². The summed E-state index contributed by atoms with van der Waals surface area (Å²) in [5, 5.41) is 14.2. The number of aliphatic hydroxyl groups is 1. The van der Waals surface area contributed by atoms with E-state index in [4.69, 9.17) is 4.74 Å². The fraction of sp³-hybridized carbons (Fsp3) is 0.944. The van der Waals surface area contributed by atoms with Gasteiger partial charge in [0.15, 0.2) is 5.60 Å². The van der Waals surface area contributed by atoms with Crippen LogP contribution in [-0.2, 0) is 9.53 Å². The molecule has 1 aliphatic rings. The van der Waals surface area contributed by atoms with Crippen LogP contribution in [0, 0.1) is 0 Å². The van der Waals surface area contributed by atoms with Crippen molar-refractivity contribution >= 4 is 5.97 Å². The Labute approximate surface area is 136 Å². The predicted octanol–water partition coefficient (Wildman–Crippen LogP) is 3.56. The summed E-state index contributed by atoms with van der Waals surface area (Å²) in [6, 6.07) is 0. The van der Waals surface area contributed by atoms with E-state index in [2.05, 4.69) is 12.2 Å². The van der Waals surface area contributed by atoms with Gasteiger partial charge in [0.05, 0.1) is 6.61 Å². The molecule has 0 amide bonds. The number of hydrogen-bond donors (Lipinski definition) is 2. The number of unbranched alkanes of at least 4 members (excludes halogenated alkanes) is 5. The predicted molar refractivity (Wildman–Crippen MR) is 89.8 cm³/mol. The third-order valence-corrected chi connectivity index (χ3v) is 4.26. The van der Waals surface area contributed by atoms with Crippen molar-refractivity contribution in [3.8, 4) is 0 Å². The maximum absolute atomic E-state index is 12.3. The van der Waals surface area contributed by atoms with Crippen LogP contribution in [0.25, 0.3) is 0 Å². The van der Waals surface area contributed by atoms with Crippen LogP contribution in [0.15, 0.2) is 0 Å². The van der Waals surface area contributed by atoms with E-state index in [1.807, 2.05) is 27.7 Å². The van der Waals surface area contributed by atoms with Gasteiger partial charge in [0.2, 0.25) is 0 Å². The maximum Gasteiger partial charge on any atom is 0.338 e. The Balaban J connectivity index is 2.40. The Hall–Kier alpha value is -0.610. The van der Waals surface area contributed by atoms with Gasteiger partial charge in [-0.1, -0.05) is 39.0 Å². The van der Waals surface area contributed by atoms with Gasteiger partial charge < -0.3 is 15.2 Å². The van der Waals surface area contributed by atoms with Crippen molar-refractivity contribution in [1.29, 1.82) is 0 Å². The zero-order chi connectivity index (χ0) is 16.9. The van der Waals surface area contributed by atoms with Crippen LogP contribution in [0.3, 0.4) is 0 Å². The van der Waals surface area contributed by atoms with E-state index >= 15 is 0 Å². The van der Waals surface area contributed by atoms with Gasteiger partial charge in [0.25, 0.3) is 0 Å². The molecule has 22 heavy (non-hydrogen) atoms. The highest BCUT2D eigenvalue weighted by atomic mass is 16.5. The van der Waals surface area contributed by atoms with Gasteiger partial charge in [-0.2, -0.15) is 0 Å². The first kappa shape index (κ1) is 19.4. The third kappa shape index (κ3) is 6.25. The van der Waals surface area contributed by atoms with Crippen LogP contribution in [0.4, 0.5) is 0 Å². The van der Waals surface area contributed by atoms with E-state index in [1.54, 1.807) is 0 Å². The van der Waals surface area contributed by atoms with Gasteiger partial charge in [0, 0.05) is 23.9 Å². The molecule has 4 heteroatoms. The summed E-state index contributed by atoms with van der Waals surface area (Å²) in [6.45, 7) is 10.7. The van der Waals surface area contributed by atoms with Gasteiger partial charge >= 0.3 is 5.97 Å². The van der Waals surface area contributed by atoms with Gasteiger partial charge in [-0.3, -0.25) is 0 Å². The third-order valence-electron chi connectivity index (χ3n) is 4.26. The highest BCUT2D eigenvalue weighted by molar-refractivity contribution is 5.79. The van der Waals surface area contributed by atoms with Gasteiger partial charge in [0.1, 0.15) is 0 Å². The molecule has 0 aromatic rings. The summed E-state index contributed by atoms with van der Waals surface area (Å²) >= 11 is 0. The van der Waals surface area contributed by atoms with E-state index < -0.39 is 11.6 Å². The average molecular weight is 313 g/mol. The van der Waals surface area contributed by atoms with Gasteiger partial charge in [-0.05, 0) is 34.1 Å². The second kappa shape index (κ2) is 7.78. The van der Waals surface area contributed by atoms with E-state index in [0.29, 0.717) is 19.4 Å². The molecule has 1 heterocycles. The Morgan fingerprint density at radius 2 is 1.50 bits per heavy atom. The van der Waals surface area contributed by atoms with Crippen molar-refractivity contribution in [1.82, 2.24) is 5.32 Å². The molecule has 4 nitrogen and oxygen atoms in total. The first-order valence-corrected chi connectivity index (χ1v) is 8.79. The van der Waals surface area contributed by atoms with E-state index in [1.165, 1.54) is 25.7 Å². The summed E-state index contributed by atoms with van der Waals surface area (Å²) in [5.74, 6) is -0.455. The minimum Gasteiger partial charge on any atom is -0.464 e. The largest absolute Gasteiger partial charge is 0.464 e. The topological polar surface area (TPSA) is 58.6 Å². The molecular formula is C18H35NO3. The molecule has 0 saturated carbocycles. The van der Waals surface area contributed by atoms with Crippen LogP contribution in [0.2, 0.25) is 0 Å². The lowest BCUT2D eigenvalue weighted by molar-refractivity contribution is -0.175. The zero-order valence-corrected chi connectivity index (χ0v) is 15.1. The van der Waals surface area contributed by atoms with Crippen LogP contribution < -0.4 is 5.32 Å². The fourth-order valence-corrected chi connectivity index (χ4v) is 3.86. The van der Waals surface area contributed by atoms with Crippen molar-refractivity contribution in [2.24, 2.45) is 0 Å². The Morgan fingerprint density at radius 1 is 1.00 bits per heavy atom. The molecule has 1 saturated heterocycles. The lowest BCUT2D eigenvalue weighted by atomic mass is 9.73. The van der Waals surface area contributed by atoms with Gasteiger partial charge in [-0.15, -0.1) is 0 Å². The molecule has 1 aliphatic heterocycles. The Morgan fingerprint density at radius 3 is 2.05 bits per heavy atom. The quantitative estimate of drug-likeness (QED) is 0.531. The molecule has 1 rings (SSSR count). The normalized spacial score (nSPS) is 22.3. The minimum atomic E-state index is -1.37. The fourth-order valence-electron chi connectivity index (χ4n) is 3.86. The van der Waals surface area contributed by atoms with Crippen molar-refractivity contribution in [2.45, 2.75) is 103 Å². The molecule has 0 aromatic carbocycles. The molecule has 1 fully saturated rings. The SMILES string of the molecule is CCCCCCCCOC(=O)C1(O)CC(C)(C)NC(C)(C)C1. The molecule has 2 N–H and O–H groups in total. The number of esters is 1. The molecule has 0 radical (unpaired) electrons. The van der Waals surface area contributed by atoms with Crippen molar-refractivity contribution in [3.05, 3.63) is 0 Å². The highest BCUT2D eigenvalue weighted by Gasteiger charge is 2.51. The summed E-state index contributed by atoms with van der Waals surface area (Å²) in [5.41, 5.74) is -1.94. The standard InChI is InChI=1S/C18H35NO3/c1-6-7-8-9-10-11-12-22-15(20)18(21)13-16(2,3)19-17(4,5)14-18/h19,21H,6-14H2,1-5H3. The van der Waals surface area contributed by atoms with Gasteiger partial charge in [-0.25, -0.2) is 4.79 Å². The van der Waals surface area contributed by atoms with E-state index in [9.17, 15) is 9.90 Å². The number of ether oxygens (including phenoxy) is 1. The molecular weight excluding hydrogens is 278 g/mol. The summed E-state index contributed by atoms with van der Waals surface area (Å²) in [7, 11) is 0. The highest BCUT2D eigenvalue weighted by Crippen LogP contribution is 2.36. The first-order chi connectivity index (χ1) is 10.1. The smallest absolute Gasteiger partial charge is 0.338 e. The summed E-state index contributed by atoms with van der Waals surface area (Å²) in [4.78, 5) is 12.3. The maximum atomic E-state index is 12.3. The molecule has 0 aromatic heterocycles. The summed E-state index contributed by atoms with van der Waals surface area (Å²) < 4.78 is 5.36. The number of nitrogens with one attached hydrogen (secondary N) is 1. The first-order valence-electron chi connectivity index (χ1n) is 8.79. The zero-order valence-electron chi connectivity index (χ0n) is 15.1. The second-order valence-corrected chi connectivity index (χ2v) is 8.18. The summed E-state index contributed by atoms with van der Waals surface area (Å²) in [6.07, 6.45) is 7.71. The number of rotatable bonds is 8. The lowest BCUT2D eigenvalue weighted by Gasteiger charge is -2.49. The Bertz CT molecular complexity index is 347. The number of carbonyl (C=O) groups is 1. The molecule has 0 atom stereocenters. The minimum absolute atomic E-state index is 0.282. The lowest BCUT2D eigenvalue weighted by Crippen LogP contribution is -2.65. The van der Waals surface area contributed by atoms with Crippen LogP contribution in [-0.4, -0.2) is 34.4 Å². The number of carbonyl (C=O) groups excluding carboxylic acids is 1.